The number of Topliss-reactive ketones (excluding diaryl/α,β-unsaturated/α-hetero) is 1. The Bertz CT molecular complexity index is 1160. The Hall–Kier alpha value is -3.50. The highest BCUT2D eigenvalue weighted by Crippen LogP contribution is 2.32. The predicted octanol–water partition coefficient (Wildman–Crippen LogP) is 3.24. The molecular formula is C29H33N3O4. The molecule has 1 heterocycles. The third kappa shape index (κ3) is 5.66. The lowest BCUT2D eigenvalue weighted by Crippen LogP contribution is -2.50. The SMILES string of the molecule is COC(=O)C[C@@H]1C[C@@H](C(N)C(=O)c2ccc3c(c2)CCC(C#N)C3)N(CCCc2ccccc2)C1=O. The van der Waals surface area contributed by atoms with Gasteiger partial charge in [-0.05, 0) is 61.3 Å². The number of rotatable bonds is 9. The van der Waals surface area contributed by atoms with Crippen LogP contribution in [0.1, 0.15) is 52.7 Å². The number of esters is 1. The molecule has 1 amide bonds. The molecular weight excluding hydrogens is 454 g/mol. The molecule has 4 rings (SSSR count). The standard InChI is InChI=1S/C29H33N3O4/c1-36-26(33)17-24-16-25(32(29(24)35)13-5-8-19-6-3-2-4-7-19)27(31)28(34)23-12-11-21-14-20(18-30)9-10-22(21)15-23/h2-4,6-7,11-12,15,20,24-25,27H,5,8-10,13-14,16-17,31H2,1H3/t20?,24-,25-,27?/m0/s1. The number of ether oxygens (including phenoxy) is 1. The monoisotopic (exact) mass is 487 g/mol. The second kappa shape index (κ2) is 11.5. The number of hydrogen-bond donors (Lipinski definition) is 1. The van der Waals surface area contributed by atoms with Crippen molar-refractivity contribution in [3.63, 3.8) is 0 Å². The van der Waals surface area contributed by atoms with Gasteiger partial charge in [-0.15, -0.1) is 0 Å². The van der Waals surface area contributed by atoms with Crippen LogP contribution >= 0.6 is 0 Å². The first-order valence-electron chi connectivity index (χ1n) is 12.6. The van der Waals surface area contributed by atoms with E-state index in [1.807, 2.05) is 42.5 Å². The Morgan fingerprint density at radius 1 is 1.19 bits per heavy atom. The molecule has 188 valence electrons. The Morgan fingerprint density at radius 3 is 2.69 bits per heavy atom. The van der Waals surface area contributed by atoms with Gasteiger partial charge in [0.1, 0.15) is 0 Å². The number of methoxy groups -OCH3 is 1. The average molecular weight is 488 g/mol. The summed E-state index contributed by atoms with van der Waals surface area (Å²) in [6.07, 6.45) is 4.12. The topological polar surface area (TPSA) is 113 Å². The van der Waals surface area contributed by atoms with Gasteiger partial charge in [0.15, 0.2) is 5.78 Å². The van der Waals surface area contributed by atoms with E-state index in [1.54, 1.807) is 11.0 Å². The highest BCUT2D eigenvalue weighted by molar-refractivity contribution is 6.01. The number of fused-ring (bicyclic) bond motifs is 1. The minimum Gasteiger partial charge on any atom is -0.469 e. The number of benzene rings is 2. The fourth-order valence-electron chi connectivity index (χ4n) is 5.47. The van der Waals surface area contributed by atoms with Crippen LogP contribution in [0.25, 0.3) is 0 Å². The predicted molar refractivity (Wildman–Crippen MR) is 135 cm³/mol. The Morgan fingerprint density at radius 2 is 1.97 bits per heavy atom. The van der Waals surface area contributed by atoms with Crippen LogP contribution in [-0.4, -0.2) is 48.3 Å². The van der Waals surface area contributed by atoms with Gasteiger partial charge in [0.25, 0.3) is 0 Å². The summed E-state index contributed by atoms with van der Waals surface area (Å²) in [5.41, 5.74) is 10.4. The molecule has 36 heavy (non-hydrogen) atoms. The van der Waals surface area contributed by atoms with Gasteiger partial charge in [-0.2, -0.15) is 5.26 Å². The molecule has 0 aromatic heterocycles. The van der Waals surface area contributed by atoms with Crippen molar-refractivity contribution in [3.8, 4) is 6.07 Å². The molecule has 2 aliphatic rings. The number of nitrogens with zero attached hydrogens (tertiary/aromatic N) is 2. The van der Waals surface area contributed by atoms with Crippen LogP contribution in [0.2, 0.25) is 0 Å². The fourth-order valence-corrected chi connectivity index (χ4v) is 5.47. The van der Waals surface area contributed by atoms with Gasteiger partial charge in [0.05, 0.1) is 43.5 Å². The largest absolute Gasteiger partial charge is 0.469 e. The Labute approximate surface area is 212 Å². The number of nitrogens with two attached hydrogens (primary N) is 1. The second-order valence-electron chi connectivity index (χ2n) is 9.84. The van der Waals surface area contributed by atoms with Gasteiger partial charge in [-0.3, -0.25) is 14.4 Å². The van der Waals surface area contributed by atoms with Crippen LogP contribution in [0.4, 0.5) is 0 Å². The molecule has 1 aliphatic carbocycles. The summed E-state index contributed by atoms with van der Waals surface area (Å²) in [4.78, 5) is 40.3. The first-order valence-corrected chi connectivity index (χ1v) is 12.6. The van der Waals surface area contributed by atoms with E-state index in [9.17, 15) is 19.6 Å². The minimum absolute atomic E-state index is 0.0131. The van der Waals surface area contributed by atoms with E-state index in [2.05, 4.69) is 6.07 Å². The van der Waals surface area contributed by atoms with Crippen LogP contribution in [0.3, 0.4) is 0 Å². The van der Waals surface area contributed by atoms with E-state index in [4.69, 9.17) is 10.5 Å². The number of amides is 1. The molecule has 1 fully saturated rings. The lowest BCUT2D eigenvalue weighted by Gasteiger charge is -2.29. The van der Waals surface area contributed by atoms with Crippen LogP contribution in [0.5, 0.6) is 0 Å². The molecule has 4 atom stereocenters. The van der Waals surface area contributed by atoms with Crippen molar-refractivity contribution in [2.45, 2.75) is 57.0 Å². The molecule has 0 spiro atoms. The highest BCUT2D eigenvalue weighted by Gasteiger charge is 2.44. The molecule has 7 nitrogen and oxygen atoms in total. The number of aryl methyl sites for hydroxylation is 2. The van der Waals surface area contributed by atoms with Crippen molar-refractivity contribution >= 4 is 17.7 Å². The van der Waals surface area contributed by atoms with E-state index < -0.39 is 24.0 Å². The number of carbonyl (C=O) groups is 3. The fraction of sp³-hybridized carbons (Fsp3) is 0.448. The molecule has 1 saturated heterocycles. The van der Waals surface area contributed by atoms with E-state index in [0.29, 0.717) is 24.9 Å². The lowest BCUT2D eigenvalue weighted by atomic mass is 9.83. The molecule has 0 radical (unpaired) electrons. The number of likely N-dealkylation sites (tertiary alicyclic amines) is 1. The van der Waals surface area contributed by atoms with Crippen molar-refractivity contribution in [3.05, 3.63) is 70.8 Å². The first kappa shape index (κ1) is 25.6. The van der Waals surface area contributed by atoms with Crippen LogP contribution in [-0.2, 0) is 33.6 Å². The maximum Gasteiger partial charge on any atom is 0.306 e. The van der Waals surface area contributed by atoms with Crippen molar-refractivity contribution in [2.75, 3.05) is 13.7 Å². The lowest BCUT2D eigenvalue weighted by molar-refractivity contribution is -0.144. The molecule has 7 heteroatoms. The normalized spacial score (nSPS) is 22.0. The quantitative estimate of drug-likeness (QED) is 0.429. The summed E-state index contributed by atoms with van der Waals surface area (Å²) >= 11 is 0. The summed E-state index contributed by atoms with van der Waals surface area (Å²) in [5.74, 6) is -1.31. The maximum atomic E-state index is 13.5. The highest BCUT2D eigenvalue weighted by atomic mass is 16.5. The van der Waals surface area contributed by atoms with Crippen LogP contribution < -0.4 is 5.73 Å². The van der Waals surface area contributed by atoms with Crippen LogP contribution in [0.15, 0.2) is 48.5 Å². The van der Waals surface area contributed by atoms with Crippen molar-refractivity contribution in [2.24, 2.45) is 17.6 Å². The summed E-state index contributed by atoms with van der Waals surface area (Å²) in [6, 6.07) is 16.6. The molecule has 2 aromatic rings. The van der Waals surface area contributed by atoms with E-state index in [-0.39, 0.29) is 24.0 Å². The van der Waals surface area contributed by atoms with Gasteiger partial charge in [0, 0.05) is 12.1 Å². The third-order valence-corrected chi connectivity index (χ3v) is 7.53. The Balaban J connectivity index is 1.49. The van der Waals surface area contributed by atoms with Crippen LogP contribution in [0, 0.1) is 23.2 Å². The number of nitriles is 1. The zero-order valence-electron chi connectivity index (χ0n) is 20.7. The first-order chi connectivity index (χ1) is 17.4. The summed E-state index contributed by atoms with van der Waals surface area (Å²) in [6.45, 7) is 0.469. The van der Waals surface area contributed by atoms with Crippen molar-refractivity contribution in [1.29, 1.82) is 5.26 Å². The maximum absolute atomic E-state index is 13.5. The van der Waals surface area contributed by atoms with Gasteiger partial charge < -0.3 is 15.4 Å². The number of ketones is 1. The molecule has 0 bridgehead atoms. The van der Waals surface area contributed by atoms with Gasteiger partial charge in [-0.25, -0.2) is 0 Å². The minimum atomic E-state index is -0.887. The van der Waals surface area contributed by atoms with Gasteiger partial charge >= 0.3 is 5.97 Å². The second-order valence-corrected chi connectivity index (χ2v) is 9.84. The van der Waals surface area contributed by atoms with E-state index in [0.717, 1.165) is 36.8 Å². The van der Waals surface area contributed by atoms with Crippen molar-refractivity contribution < 1.29 is 19.1 Å². The average Bonchev–Trinajstić information content (AvgIpc) is 3.22. The number of hydrogen-bond acceptors (Lipinski definition) is 6. The molecule has 2 aromatic carbocycles. The van der Waals surface area contributed by atoms with Crippen molar-refractivity contribution in [1.82, 2.24) is 4.90 Å². The zero-order chi connectivity index (χ0) is 25.7. The van der Waals surface area contributed by atoms with E-state index in [1.165, 1.54) is 12.7 Å². The summed E-state index contributed by atoms with van der Waals surface area (Å²) in [7, 11) is 1.31. The Kier molecular flexibility index (Phi) is 8.17. The molecule has 2 unspecified atom stereocenters. The molecule has 0 saturated carbocycles. The molecule has 1 aliphatic heterocycles. The zero-order valence-corrected chi connectivity index (χ0v) is 20.7. The molecule has 2 N–H and O–H groups in total. The number of carbonyl (C=O) groups excluding carboxylic acids is 3. The van der Waals surface area contributed by atoms with E-state index >= 15 is 0 Å². The summed E-state index contributed by atoms with van der Waals surface area (Å²) < 4.78 is 4.79. The van der Waals surface area contributed by atoms with Gasteiger partial charge in [0.2, 0.25) is 5.91 Å². The summed E-state index contributed by atoms with van der Waals surface area (Å²) in [5, 5.41) is 9.24. The smallest absolute Gasteiger partial charge is 0.306 e. The van der Waals surface area contributed by atoms with Gasteiger partial charge in [-0.1, -0.05) is 42.5 Å². The third-order valence-electron chi connectivity index (χ3n) is 7.53.